The molecule has 0 aromatic carbocycles. The molecule has 0 spiro atoms. The second kappa shape index (κ2) is 16.3. The number of hydrogen-bond donors (Lipinski definition) is 9. The first kappa shape index (κ1) is 45.9. The minimum Gasteiger partial charge on any atom is -0.481 e. The molecule has 4 aliphatic carbocycles. The van der Waals surface area contributed by atoms with Gasteiger partial charge in [0, 0.05) is 11.5 Å². The maximum atomic E-state index is 14.4. The summed E-state index contributed by atoms with van der Waals surface area (Å²) in [6.45, 7) is 12.0. The summed E-state index contributed by atoms with van der Waals surface area (Å²) in [7, 11) is 0. The standard InChI is InChI=1S/C42H65NO16/c1-7-8-9-24(56-36-32(28(48)27(47)31(58-36)34(52)53)59-35-29(49)25(45)26(46)30(57-35)33(50)51)38(2,3)19-10-11-41(6)21(16-19)23(44)17-20-22-18-40(5,37(54)55)13-12-39(22,4)14-15-42(20,41)43/h17,19,21-22,24-32,35-36,45-49H,7-16,18,43H2,1-6H3,(H,50,51)(H,52,53)(H,54,55)/t19-,21+,22+,24+,25+,26+,27+,28+,29-,30+,31+,32-,35+,36+,39-,40+,41-,42+/m1/s1. The average molecular weight is 840 g/mol. The number of aliphatic carboxylic acids is 3. The largest absolute Gasteiger partial charge is 0.481 e. The monoisotopic (exact) mass is 839 g/mol. The average Bonchev–Trinajstić information content (AvgIpc) is 3.16. The number of carboxylic acids is 3. The molecule has 2 heterocycles. The third-order valence-corrected chi connectivity index (χ3v) is 16.1. The van der Waals surface area contributed by atoms with Gasteiger partial charge < -0.3 is 65.5 Å². The van der Waals surface area contributed by atoms with Gasteiger partial charge in [-0.1, -0.05) is 47.5 Å². The van der Waals surface area contributed by atoms with E-state index >= 15 is 0 Å². The van der Waals surface area contributed by atoms with E-state index in [0.717, 1.165) is 24.8 Å². The van der Waals surface area contributed by atoms with Crippen LogP contribution in [0.2, 0.25) is 0 Å². The number of carbonyl (C=O) groups excluding carboxylic acids is 1. The van der Waals surface area contributed by atoms with Gasteiger partial charge in [-0.3, -0.25) is 9.59 Å². The molecule has 10 N–H and O–H groups in total. The highest BCUT2D eigenvalue weighted by Crippen LogP contribution is 2.67. The van der Waals surface area contributed by atoms with Crippen LogP contribution in [0.15, 0.2) is 11.6 Å². The van der Waals surface area contributed by atoms with Crippen molar-refractivity contribution in [1.82, 2.24) is 0 Å². The van der Waals surface area contributed by atoms with Gasteiger partial charge in [0.1, 0.15) is 36.6 Å². The number of carbonyl (C=O) groups is 4. The SMILES string of the molecule is CCCC[C@H](O[C@H]1O[C@H](C(=O)O)[C@@H](O)[C@H](O)[C@H]1O[C@@H]1O[C@H](C(=O)O)[C@@H](O)[C@H](O)[C@H]1O)C(C)(C)[C@@H]1CC[C@]2(C)[C@@H](C1)C(=O)C=C1[C@@H]3C[C@@](C)(C(=O)O)CC[C@]3(C)CC[C@]12N. The van der Waals surface area contributed by atoms with Crippen molar-refractivity contribution in [1.29, 1.82) is 0 Å². The number of allylic oxidation sites excluding steroid dienone is 1. The van der Waals surface area contributed by atoms with Gasteiger partial charge in [-0.25, -0.2) is 9.59 Å². The van der Waals surface area contributed by atoms with E-state index in [-0.39, 0.29) is 23.0 Å². The maximum Gasteiger partial charge on any atom is 0.335 e. The molecule has 17 nitrogen and oxygen atoms in total. The minimum atomic E-state index is -2.06. The molecule has 0 bridgehead atoms. The van der Waals surface area contributed by atoms with Crippen molar-refractivity contribution in [2.45, 2.75) is 185 Å². The number of ketones is 1. The fourth-order valence-electron chi connectivity index (χ4n) is 11.5. The summed E-state index contributed by atoms with van der Waals surface area (Å²) < 4.78 is 23.5. The molecule has 2 aliphatic heterocycles. The van der Waals surface area contributed by atoms with Crippen molar-refractivity contribution in [3.8, 4) is 0 Å². The first-order chi connectivity index (χ1) is 27.4. The van der Waals surface area contributed by atoms with Crippen molar-refractivity contribution in [3.63, 3.8) is 0 Å². The number of aliphatic hydroxyl groups is 5. The van der Waals surface area contributed by atoms with Gasteiger partial charge in [-0.2, -0.15) is 0 Å². The zero-order valence-electron chi connectivity index (χ0n) is 34.9. The molecule has 2 saturated heterocycles. The third-order valence-electron chi connectivity index (χ3n) is 16.1. The van der Waals surface area contributed by atoms with E-state index in [1.807, 2.05) is 20.8 Å². The molecule has 0 radical (unpaired) electrons. The highest BCUT2D eigenvalue weighted by molar-refractivity contribution is 5.95. The van der Waals surface area contributed by atoms with E-state index in [0.29, 0.717) is 51.4 Å². The van der Waals surface area contributed by atoms with Gasteiger partial charge in [0.2, 0.25) is 0 Å². The van der Waals surface area contributed by atoms with Gasteiger partial charge in [0.05, 0.1) is 11.5 Å². The fourth-order valence-corrected chi connectivity index (χ4v) is 11.5. The predicted molar refractivity (Wildman–Crippen MR) is 205 cm³/mol. The quantitative estimate of drug-likeness (QED) is 0.135. The molecule has 0 aromatic rings. The van der Waals surface area contributed by atoms with Crippen LogP contribution in [-0.2, 0) is 38.1 Å². The van der Waals surface area contributed by atoms with Crippen LogP contribution >= 0.6 is 0 Å². The topological polar surface area (TPSA) is 293 Å². The predicted octanol–water partition coefficient (Wildman–Crippen LogP) is 1.72. The Labute approximate surface area is 344 Å². The molecule has 17 heteroatoms. The fraction of sp³-hybridized carbons (Fsp3) is 0.857. The van der Waals surface area contributed by atoms with Crippen LogP contribution in [0, 0.1) is 39.4 Å². The Balaban J connectivity index is 1.28. The van der Waals surface area contributed by atoms with Gasteiger partial charge in [0.15, 0.2) is 30.6 Å². The molecule has 5 fully saturated rings. The normalized spacial score (nSPS) is 46.9. The molecule has 3 saturated carbocycles. The van der Waals surface area contributed by atoms with Crippen molar-refractivity contribution >= 4 is 23.7 Å². The molecule has 0 unspecified atom stereocenters. The number of nitrogens with two attached hydrogens (primary N) is 1. The maximum absolute atomic E-state index is 14.4. The Morgan fingerprint density at radius 1 is 0.847 bits per heavy atom. The first-order valence-electron chi connectivity index (χ1n) is 21.1. The molecule has 0 amide bonds. The molecule has 6 rings (SSSR count). The number of unbranched alkanes of at least 4 members (excludes halogenated alkanes) is 1. The van der Waals surface area contributed by atoms with Crippen molar-refractivity contribution in [2.75, 3.05) is 0 Å². The summed E-state index contributed by atoms with van der Waals surface area (Å²) in [4.78, 5) is 50.9. The number of rotatable bonds is 12. The second-order valence-electron chi connectivity index (χ2n) is 19.9. The van der Waals surface area contributed by atoms with E-state index in [1.54, 1.807) is 13.0 Å². The van der Waals surface area contributed by atoms with Crippen LogP contribution in [0.5, 0.6) is 0 Å². The van der Waals surface area contributed by atoms with Crippen molar-refractivity contribution < 1.29 is 79.0 Å². The third kappa shape index (κ3) is 7.69. The van der Waals surface area contributed by atoms with E-state index in [2.05, 4.69) is 13.8 Å². The lowest BCUT2D eigenvalue weighted by Crippen LogP contribution is -2.68. The lowest BCUT2D eigenvalue weighted by atomic mass is 9.41. The summed E-state index contributed by atoms with van der Waals surface area (Å²) in [5.41, 5.74) is 5.16. The Kier molecular flexibility index (Phi) is 12.7. The Bertz CT molecular complexity index is 1670. The van der Waals surface area contributed by atoms with E-state index < -0.39 is 113 Å². The Morgan fingerprint density at radius 2 is 1.44 bits per heavy atom. The number of aliphatic hydroxyl groups excluding tert-OH is 5. The molecule has 59 heavy (non-hydrogen) atoms. The van der Waals surface area contributed by atoms with Crippen LogP contribution in [0.4, 0.5) is 0 Å². The zero-order valence-corrected chi connectivity index (χ0v) is 34.9. The summed E-state index contributed by atoms with van der Waals surface area (Å²) in [5, 5.41) is 83.1. The first-order valence-corrected chi connectivity index (χ1v) is 21.1. The molecular formula is C42H65NO16. The number of fused-ring (bicyclic) bond motifs is 5. The van der Waals surface area contributed by atoms with Gasteiger partial charge >= 0.3 is 17.9 Å². The van der Waals surface area contributed by atoms with Gasteiger partial charge in [-0.15, -0.1) is 0 Å². The summed E-state index contributed by atoms with van der Waals surface area (Å²) in [6, 6.07) is 0. The summed E-state index contributed by atoms with van der Waals surface area (Å²) in [5.74, 6) is -4.91. The molecule has 0 aromatic heterocycles. The molecule has 18 atom stereocenters. The zero-order chi connectivity index (χ0) is 43.8. The van der Waals surface area contributed by atoms with Gasteiger partial charge in [-0.05, 0) is 104 Å². The second-order valence-corrected chi connectivity index (χ2v) is 19.9. The van der Waals surface area contributed by atoms with Crippen molar-refractivity contribution in [3.05, 3.63) is 11.6 Å². The lowest BCUT2D eigenvalue weighted by Gasteiger charge is -2.65. The summed E-state index contributed by atoms with van der Waals surface area (Å²) in [6.07, 6.45) is -12.0. The molecule has 6 aliphatic rings. The van der Waals surface area contributed by atoms with Crippen molar-refractivity contribution in [2.24, 2.45) is 45.1 Å². The lowest BCUT2D eigenvalue weighted by molar-refractivity contribution is -0.368. The highest BCUT2D eigenvalue weighted by Gasteiger charge is 2.66. The van der Waals surface area contributed by atoms with Crippen LogP contribution in [-0.4, -0.2) is 138 Å². The van der Waals surface area contributed by atoms with E-state index in [9.17, 15) is 60.0 Å². The Morgan fingerprint density at radius 3 is 2.03 bits per heavy atom. The number of carboxylic acid groups (broad SMARTS) is 3. The highest BCUT2D eigenvalue weighted by atomic mass is 16.8. The molecule has 334 valence electrons. The number of ether oxygens (including phenoxy) is 4. The number of hydrogen-bond acceptors (Lipinski definition) is 14. The smallest absolute Gasteiger partial charge is 0.335 e. The van der Waals surface area contributed by atoms with Crippen LogP contribution in [0.3, 0.4) is 0 Å². The Hall–Kier alpha value is -2.58. The van der Waals surface area contributed by atoms with E-state index in [1.165, 1.54) is 0 Å². The summed E-state index contributed by atoms with van der Waals surface area (Å²) >= 11 is 0. The minimum absolute atomic E-state index is 0.0366. The van der Waals surface area contributed by atoms with Crippen LogP contribution in [0.25, 0.3) is 0 Å². The van der Waals surface area contributed by atoms with Crippen LogP contribution < -0.4 is 5.73 Å². The van der Waals surface area contributed by atoms with Crippen LogP contribution in [0.1, 0.15) is 112 Å². The molecular weight excluding hydrogens is 774 g/mol. The van der Waals surface area contributed by atoms with E-state index in [4.69, 9.17) is 24.7 Å². The van der Waals surface area contributed by atoms with Gasteiger partial charge in [0.25, 0.3) is 0 Å².